The summed E-state index contributed by atoms with van der Waals surface area (Å²) in [7, 11) is 5.29. The monoisotopic (exact) mass is 174 g/mol. The van der Waals surface area contributed by atoms with Crippen molar-refractivity contribution in [2.75, 3.05) is 0 Å². The van der Waals surface area contributed by atoms with Gasteiger partial charge in [0.2, 0.25) is 0 Å². The summed E-state index contributed by atoms with van der Waals surface area (Å²) in [6, 6.07) is 2.62. The van der Waals surface area contributed by atoms with Gasteiger partial charge in [-0.3, -0.25) is 0 Å². The second-order valence-electron chi connectivity index (χ2n) is 1.80. The quantitative estimate of drug-likeness (QED) is 0.417. The van der Waals surface area contributed by atoms with Crippen LogP contribution in [0.1, 0.15) is 0 Å². The van der Waals surface area contributed by atoms with Crippen LogP contribution in [0.3, 0.4) is 0 Å². The maximum absolute atomic E-state index is 12.6. The molecule has 0 aliphatic rings. The molecule has 1 aromatic carbocycles. The van der Waals surface area contributed by atoms with E-state index in [0.717, 1.165) is 0 Å². The van der Waals surface area contributed by atoms with Gasteiger partial charge in [-0.15, -0.1) is 0 Å². The van der Waals surface area contributed by atoms with E-state index in [0.29, 0.717) is 5.46 Å². The maximum atomic E-state index is 12.6. The zero-order valence-corrected chi connectivity index (χ0v) is 6.38. The highest BCUT2D eigenvalue weighted by Crippen LogP contribution is 2.19. The fourth-order valence-electron chi connectivity index (χ4n) is 0.575. The first-order chi connectivity index (χ1) is 4.61. The first kappa shape index (κ1) is 7.90. The molecule has 0 saturated heterocycles. The Morgan fingerprint density at radius 1 is 1.20 bits per heavy atom. The molecule has 0 atom stereocenters. The molecule has 0 aliphatic heterocycles. The minimum atomic E-state index is -0.627. The molecule has 0 fully saturated rings. The summed E-state index contributed by atoms with van der Waals surface area (Å²) in [6.07, 6.45) is 0. The molecule has 0 spiro atoms. The molecule has 1 rings (SSSR count). The van der Waals surface area contributed by atoms with Crippen LogP contribution >= 0.6 is 23.2 Å². The van der Waals surface area contributed by atoms with Crippen LogP contribution in [0.4, 0.5) is 4.39 Å². The van der Waals surface area contributed by atoms with Crippen molar-refractivity contribution in [1.82, 2.24) is 0 Å². The van der Waals surface area contributed by atoms with Crippen LogP contribution in [0, 0.1) is 5.82 Å². The largest absolute Gasteiger partial charge is 0.204 e. The summed E-state index contributed by atoms with van der Waals surface area (Å²) in [4.78, 5) is 0. The van der Waals surface area contributed by atoms with Gasteiger partial charge in [0.15, 0.2) is 5.82 Å². The van der Waals surface area contributed by atoms with Crippen molar-refractivity contribution in [3.63, 3.8) is 0 Å². The van der Waals surface area contributed by atoms with Gasteiger partial charge in [0, 0.05) is 0 Å². The van der Waals surface area contributed by atoms with E-state index in [1.165, 1.54) is 12.1 Å². The summed E-state index contributed by atoms with van der Waals surface area (Å²) >= 11 is 10.8. The second-order valence-corrected chi connectivity index (χ2v) is 2.61. The molecule has 0 N–H and O–H groups in total. The number of hydrogen-bond donors (Lipinski definition) is 0. The lowest BCUT2D eigenvalue weighted by Gasteiger charge is -1.98. The minimum Gasteiger partial charge on any atom is -0.204 e. The van der Waals surface area contributed by atoms with Gasteiger partial charge in [0.1, 0.15) is 7.85 Å². The van der Waals surface area contributed by atoms with Gasteiger partial charge in [-0.1, -0.05) is 28.7 Å². The van der Waals surface area contributed by atoms with Crippen molar-refractivity contribution in [1.29, 1.82) is 0 Å². The lowest BCUT2D eigenvalue weighted by atomic mass is 9.97. The Labute approximate surface area is 69.4 Å². The van der Waals surface area contributed by atoms with Crippen molar-refractivity contribution in [2.45, 2.75) is 0 Å². The van der Waals surface area contributed by atoms with Crippen LogP contribution in [0.25, 0.3) is 0 Å². The van der Waals surface area contributed by atoms with Gasteiger partial charge in [-0.2, -0.15) is 0 Å². The predicted molar refractivity (Wildman–Crippen MR) is 41.8 cm³/mol. The average molecular weight is 175 g/mol. The fourth-order valence-corrected chi connectivity index (χ4v) is 1.08. The van der Waals surface area contributed by atoms with Gasteiger partial charge < -0.3 is 0 Å². The van der Waals surface area contributed by atoms with E-state index in [9.17, 15) is 4.39 Å². The van der Waals surface area contributed by atoms with Crippen LogP contribution in [0.5, 0.6) is 0 Å². The summed E-state index contributed by atoms with van der Waals surface area (Å²) in [5.41, 5.74) is 0.358. The van der Waals surface area contributed by atoms with Crippen LogP contribution in [-0.2, 0) is 0 Å². The molecule has 0 aliphatic carbocycles. The van der Waals surface area contributed by atoms with Gasteiger partial charge in [-0.25, -0.2) is 4.39 Å². The van der Waals surface area contributed by atoms with E-state index in [4.69, 9.17) is 31.0 Å². The van der Waals surface area contributed by atoms with Crippen molar-refractivity contribution in [3.8, 4) is 0 Å². The molecule has 2 radical (unpaired) electrons. The van der Waals surface area contributed by atoms with Crippen molar-refractivity contribution >= 4 is 36.5 Å². The van der Waals surface area contributed by atoms with E-state index >= 15 is 0 Å². The SMILES string of the molecule is [B]c1cc(Cl)c(F)c(Cl)c1. The van der Waals surface area contributed by atoms with E-state index in [1.54, 1.807) is 0 Å². The van der Waals surface area contributed by atoms with Crippen molar-refractivity contribution in [3.05, 3.63) is 28.0 Å². The topological polar surface area (TPSA) is 0 Å². The van der Waals surface area contributed by atoms with Gasteiger partial charge >= 0.3 is 0 Å². The standard InChI is InChI=1S/C6H2BCl2F/c7-3-1-4(8)6(10)5(9)2-3/h1-2H. The Bertz CT molecular complexity index is 239. The molecule has 0 saturated carbocycles. The van der Waals surface area contributed by atoms with Crippen molar-refractivity contribution < 1.29 is 4.39 Å². The predicted octanol–water partition coefficient (Wildman–Crippen LogP) is 1.93. The van der Waals surface area contributed by atoms with Crippen molar-refractivity contribution in [2.24, 2.45) is 0 Å². The number of halogens is 3. The Morgan fingerprint density at radius 3 is 2.00 bits per heavy atom. The normalized spacial score (nSPS) is 9.90. The van der Waals surface area contributed by atoms with E-state index in [1.807, 2.05) is 0 Å². The van der Waals surface area contributed by atoms with Crippen LogP contribution in [0.15, 0.2) is 12.1 Å². The third-order valence-electron chi connectivity index (χ3n) is 1.01. The number of benzene rings is 1. The smallest absolute Gasteiger partial charge is 0.160 e. The van der Waals surface area contributed by atoms with Gasteiger partial charge in [0.25, 0.3) is 0 Å². The molecule has 4 heteroatoms. The first-order valence-corrected chi connectivity index (χ1v) is 3.27. The first-order valence-electron chi connectivity index (χ1n) is 2.51. The summed E-state index contributed by atoms with van der Waals surface area (Å²) < 4.78 is 12.6. The molecule has 0 bridgehead atoms. The van der Waals surface area contributed by atoms with E-state index in [-0.39, 0.29) is 10.0 Å². The lowest BCUT2D eigenvalue weighted by Crippen LogP contribution is -2.02. The van der Waals surface area contributed by atoms with E-state index in [2.05, 4.69) is 0 Å². The zero-order chi connectivity index (χ0) is 7.72. The summed E-state index contributed by atoms with van der Waals surface area (Å²) in [5.74, 6) is -0.627. The molecule has 0 heterocycles. The Morgan fingerprint density at radius 2 is 1.60 bits per heavy atom. The molecule has 0 nitrogen and oxygen atoms in total. The summed E-state index contributed by atoms with van der Waals surface area (Å²) in [6.45, 7) is 0. The molecule has 0 aromatic heterocycles. The Balaban J connectivity index is 3.31. The molecular weight excluding hydrogens is 173 g/mol. The highest BCUT2D eigenvalue weighted by atomic mass is 35.5. The third-order valence-corrected chi connectivity index (χ3v) is 1.56. The molecular formula is C6H2BCl2F. The Kier molecular flexibility index (Phi) is 2.22. The number of hydrogen-bond acceptors (Lipinski definition) is 0. The van der Waals surface area contributed by atoms with Gasteiger partial charge in [0.05, 0.1) is 10.0 Å². The Hall–Kier alpha value is -0.205. The minimum absolute atomic E-state index is 0.0509. The zero-order valence-electron chi connectivity index (χ0n) is 4.87. The number of rotatable bonds is 0. The molecule has 10 heavy (non-hydrogen) atoms. The van der Waals surface area contributed by atoms with Crippen LogP contribution in [0.2, 0.25) is 10.0 Å². The van der Waals surface area contributed by atoms with Crippen LogP contribution in [-0.4, -0.2) is 7.85 Å². The average Bonchev–Trinajstić information content (AvgIpc) is 1.82. The highest BCUT2D eigenvalue weighted by molar-refractivity contribution is 6.39. The van der Waals surface area contributed by atoms with E-state index < -0.39 is 5.82 Å². The lowest BCUT2D eigenvalue weighted by molar-refractivity contribution is 0.629. The highest BCUT2D eigenvalue weighted by Gasteiger charge is 2.03. The second kappa shape index (κ2) is 2.81. The molecule has 50 valence electrons. The van der Waals surface area contributed by atoms with Gasteiger partial charge in [-0.05, 0) is 12.1 Å². The molecule has 1 aromatic rings. The van der Waals surface area contributed by atoms with Crippen LogP contribution < -0.4 is 5.46 Å². The third kappa shape index (κ3) is 1.44. The summed E-state index contributed by atoms with van der Waals surface area (Å²) in [5, 5.41) is -0.102. The maximum Gasteiger partial charge on any atom is 0.160 e. The molecule has 0 amide bonds. The fraction of sp³-hybridized carbons (Fsp3) is 0. The molecule has 0 unspecified atom stereocenters.